The molecule has 0 aromatic heterocycles. The second kappa shape index (κ2) is 5.55. The van der Waals surface area contributed by atoms with Crippen molar-refractivity contribution < 1.29 is 13.7 Å². The average Bonchev–Trinajstić information content (AvgIpc) is 2.91. The minimum Gasteiger partial charge on any atom is -0.404 e. The summed E-state index contributed by atoms with van der Waals surface area (Å²) in [5, 5.41) is 0. The lowest BCUT2D eigenvalue weighted by atomic mass is 9.43. The maximum atomic E-state index is 13.0. The molecule has 0 amide bonds. The molecule has 0 radical (unpaired) electrons. The maximum absolute atomic E-state index is 13.0. The molecule has 4 fully saturated rings. The van der Waals surface area contributed by atoms with Crippen molar-refractivity contribution in [3.05, 3.63) is 35.6 Å². The van der Waals surface area contributed by atoms with Gasteiger partial charge in [0.1, 0.15) is 5.82 Å². The van der Waals surface area contributed by atoms with Gasteiger partial charge in [0.2, 0.25) is 0 Å². The second-order valence-corrected chi connectivity index (χ2v) is 8.67. The third-order valence-electron chi connectivity index (χ3n) is 7.00. The van der Waals surface area contributed by atoms with Crippen LogP contribution in [0.25, 0.3) is 0 Å². The van der Waals surface area contributed by atoms with Crippen molar-refractivity contribution in [3.63, 3.8) is 0 Å². The van der Waals surface area contributed by atoms with E-state index < -0.39 is 0 Å². The SMILES string of the molecule is CC1(C)[C@@H]2C[C@H]3OB([C@@H](N)CCc4ccc(F)cc4)O[C@@]3(C)[C@H]1C2. The summed E-state index contributed by atoms with van der Waals surface area (Å²) in [6, 6.07) is 6.62. The Kier molecular flexibility index (Phi) is 3.83. The van der Waals surface area contributed by atoms with Crippen molar-refractivity contribution in [1.29, 1.82) is 0 Å². The molecule has 1 aromatic carbocycles. The molecule has 1 aliphatic heterocycles. The molecule has 3 saturated carbocycles. The van der Waals surface area contributed by atoms with Gasteiger partial charge in [-0.25, -0.2) is 4.39 Å². The van der Waals surface area contributed by atoms with Gasteiger partial charge >= 0.3 is 7.12 Å². The monoisotopic (exact) mass is 331 g/mol. The molecule has 3 nitrogen and oxygen atoms in total. The number of hydrogen-bond acceptors (Lipinski definition) is 3. The molecule has 130 valence electrons. The summed E-state index contributed by atoms with van der Waals surface area (Å²) < 4.78 is 25.6. The third-order valence-corrected chi connectivity index (χ3v) is 7.00. The molecule has 1 saturated heterocycles. The fraction of sp³-hybridized carbons (Fsp3) is 0.684. The van der Waals surface area contributed by atoms with Crippen LogP contribution in [0.2, 0.25) is 0 Å². The minimum atomic E-state index is -0.324. The topological polar surface area (TPSA) is 44.5 Å². The van der Waals surface area contributed by atoms with Crippen LogP contribution in [0.1, 0.15) is 45.6 Å². The highest BCUT2D eigenvalue weighted by Gasteiger charge is 2.68. The van der Waals surface area contributed by atoms with E-state index in [2.05, 4.69) is 20.8 Å². The van der Waals surface area contributed by atoms with Gasteiger partial charge in [-0.05, 0) is 67.6 Å². The molecule has 0 unspecified atom stereocenters. The van der Waals surface area contributed by atoms with Crippen LogP contribution in [0.4, 0.5) is 4.39 Å². The Morgan fingerprint density at radius 2 is 1.96 bits per heavy atom. The number of benzene rings is 1. The Bertz CT molecular complexity index is 622. The first-order valence-corrected chi connectivity index (χ1v) is 9.14. The number of nitrogens with two attached hydrogens (primary N) is 1. The van der Waals surface area contributed by atoms with Crippen molar-refractivity contribution in [2.75, 3.05) is 0 Å². The summed E-state index contributed by atoms with van der Waals surface area (Å²) in [4.78, 5) is 0. The zero-order chi connectivity index (χ0) is 17.1. The van der Waals surface area contributed by atoms with Crippen LogP contribution in [0.3, 0.4) is 0 Å². The largest absolute Gasteiger partial charge is 0.475 e. The van der Waals surface area contributed by atoms with Crippen molar-refractivity contribution in [3.8, 4) is 0 Å². The maximum Gasteiger partial charge on any atom is 0.475 e. The zero-order valence-electron chi connectivity index (χ0n) is 14.8. The van der Waals surface area contributed by atoms with Crippen molar-refractivity contribution in [1.82, 2.24) is 0 Å². The lowest BCUT2D eigenvalue weighted by Gasteiger charge is -2.64. The number of halogens is 1. The van der Waals surface area contributed by atoms with Gasteiger partial charge in [0.15, 0.2) is 0 Å². The Labute approximate surface area is 144 Å². The summed E-state index contributed by atoms with van der Waals surface area (Å²) in [6.45, 7) is 6.93. The van der Waals surface area contributed by atoms with E-state index in [1.165, 1.54) is 18.6 Å². The fourth-order valence-corrected chi connectivity index (χ4v) is 5.20. The van der Waals surface area contributed by atoms with E-state index in [1.54, 1.807) is 0 Å². The number of aryl methyl sites for hydroxylation is 1. The average molecular weight is 331 g/mol. The molecule has 3 aliphatic carbocycles. The Balaban J connectivity index is 1.39. The number of rotatable bonds is 4. The molecule has 2 bridgehead atoms. The van der Waals surface area contributed by atoms with Crippen LogP contribution < -0.4 is 5.73 Å². The highest BCUT2D eigenvalue weighted by atomic mass is 19.1. The van der Waals surface area contributed by atoms with Crippen LogP contribution in [-0.4, -0.2) is 24.8 Å². The summed E-state index contributed by atoms with van der Waals surface area (Å²) in [6.07, 6.45) is 4.10. The van der Waals surface area contributed by atoms with Crippen LogP contribution in [0, 0.1) is 23.1 Å². The van der Waals surface area contributed by atoms with E-state index in [0.29, 0.717) is 11.3 Å². The standard InChI is InChI=1S/C19H27BFNO2/c1-18(2)13-10-15(18)19(3)16(11-13)23-20(24-19)17(22)9-6-12-4-7-14(21)8-5-12/h4-5,7-8,13,15-17H,6,9-11,22H2,1-3H3/t13-,15-,16+,17-,19-/m0/s1. The van der Waals surface area contributed by atoms with E-state index >= 15 is 0 Å². The van der Waals surface area contributed by atoms with Crippen LogP contribution in [-0.2, 0) is 15.7 Å². The normalized spacial score (nSPS) is 37.7. The first kappa shape index (κ1) is 16.6. The molecular weight excluding hydrogens is 304 g/mol. The summed E-state index contributed by atoms with van der Waals surface area (Å²) >= 11 is 0. The molecule has 5 heteroatoms. The van der Waals surface area contributed by atoms with E-state index in [9.17, 15) is 4.39 Å². The molecule has 2 N–H and O–H groups in total. The Hall–Kier alpha value is -0.905. The van der Waals surface area contributed by atoms with Gasteiger partial charge in [0.25, 0.3) is 0 Å². The lowest BCUT2D eigenvalue weighted by Crippen LogP contribution is -2.65. The fourth-order valence-electron chi connectivity index (χ4n) is 5.20. The quantitative estimate of drug-likeness (QED) is 0.861. The molecule has 5 rings (SSSR count). The van der Waals surface area contributed by atoms with Crippen LogP contribution >= 0.6 is 0 Å². The molecule has 24 heavy (non-hydrogen) atoms. The summed E-state index contributed by atoms with van der Waals surface area (Å²) in [7, 11) is -0.324. The molecule has 0 spiro atoms. The minimum absolute atomic E-state index is 0.155. The first-order chi connectivity index (χ1) is 11.3. The van der Waals surface area contributed by atoms with Gasteiger partial charge < -0.3 is 15.0 Å². The molecule has 1 heterocycles. The lowest BCUT2D eigenvalue weighted by molar-refractivity contribution is -0.199. The Morgan fingerprint density at radius 1 is 1.25 bits per heavy atom. The molecular formula is C19H27BFNO2. The predicted octanol–water partition coefficient (Wildman–Crippen LogP) is 3.35. The van der Waals surface area contributed by atoms with Crippen molar-refractivity contribution in [2.45, 2.75) is 64.1 Å². The summed E-state index contributed by atoms with van der Waals surface area (Å²) in [5.41, 5.74) is 7.62. The first-order valence-electron chi connectivity index (χ1n) is 9.14. The molecule has 4 aliphatic rings. The van der Waals surface area contributed by atoms with Gasteiger partial charge in [0.05, 0.1) is 11.7 Å². The second-order valence-electron chi connectivity index (χ2n) is 8.67. The van der Waals surface area contributed by atoms with Gasteiger partial charge in [-0.15, -0.1) is 0 Å². The molecule has 1 aromatic rings. The molecule has 5 atom stereocenters. The van der Waals surface area contributed by atoms with Crippen LogP contribution in [0.5, 0.6) is 0 Å². The van der Waals surface area contributed by atoms with Gasteiger partial charge in [-0.1, -0.05) is 26.0 Å². The smallest absolute Gasteiger partial charge is 0.404 e. The summed E-state index contributed by atoms with van der Waals surface area (Å²) in [5.74, 6) is 0.948. The van der Waals surface area contributed by atoms with Crippen LogP contribution in [0.15, 0.2) is 24.3 Å². The van der Waals surface area contributed by atoms with E-state index in [1.807, 2.05) is 12.1 Å². The van der Waals surface area contributed by atoms with Gasteiger partial charge in [-0.2, -0.15) is 0 Å². The highest BCUT2D eigenvalue weighted by molar-refractivity contribution is 6.47. The predicted molar refractivity (Wildman–Crippen MR) is 92.8 cm³/mol. The Morgan fingerprint density at radius 3 is 2.62 bits per heavy atom. The van der Waals surface area contributed by atoms with Crippen molar-refractivity contribution >= 4 is 7.12 Å². The van der Waals surface area contributed by atoms with E-state index in [0.717, 1.165) is 30.7 Å². The van der Waals surface area contributed by atoms with E-state index in [-0.39, 0.29) is 30.6 Å². The zero-order valence-corrected chi connectivity index (χ0v) is 14.8. The number of hydrogen-bond donors (Lipinski definition) is 1. The van der Waals surface area contributed by atoms with Crippen molar-refractivity contribution in [2.24, 2.45) is 23.0 Å². The van der Waals surface area contributed by atoms with Gasteiger partial charge in [-0.3, -0.25) is 0 Å². The van der Waals surface area contributed by atoms with E-state index in [4.69, 9.17) is 15.0 Å². The third kappa shape index (κ3) is 2.44. The highest BCUT2D eigenvalue weighted by Crippen LogP contribution is 2.65. The van der Waals surface area contributed by atoms with Gasteiger partial charge in [0, 0.05) is 5.94 Å².